The summed E-state index contributed by atoms with van der Waals surface area (Å²) in [6.45, 7) is 4.28. The van der Waals surface area contributed by atoms with E-state index >= 15 is 0 Å². The molecule has 0 spiro atoms. The minimum absolute atomic E-state index is 0.124. The number of rotatable bonds is 8. The van der Waals surface area contributed by atoms with Gasteiger partial charge in [0, 0.05) is 6.54 Å². The second-order valence-corrected chi connectivity index (χ2v) is 4.68. The summed E-state index contributed by atoms with van der Waals surface area (Å²) < 4.78 is 0. The van der Waals surface area contributed by atoms with E-state index in [1.54, 1.807) is 0 Å². The first-order valence-electron chi connectivity index (χ1n) is 6.71. The third kappa shape index (κ3) is 6.40. The van der Waals surface area contributed by atoms with Gasteiger partial charge in [-0.2, -0.15) is 0 Å². The predicted molar refractivity (Wildman–Crippen MR) is 75.6 cm³/mol. The van der Waals surface area contributed by atoms with Crippen molar-refractivity contribution in [3.63, 3.8) is 0 Å². The van der Waals surface area contributed by atoms with Gasteiger partial charge in [-0.15, -0.1) is 0 Å². The fourth-order valence-electron chi connectivity index (χ4n) is 1.84. The molecule has 3 heteroatoms. The first-order chi connectivity index (χ1) is 8.72. The first kappa shape index (κ1) is 14.7. The van der Waals surface area contributed by atoms with Crippen LogP contribution in [-0.4, -0.2) is 37.5 Å². The lowest BCUT2D eigenvalue weighted by Gasteiger charge is -2.15. The molecular formula is C15H24N2O. The van der Waals surface area contributed by atoms with Crippen LogP contribution >= 0.6 is 0 Å². The average molecular weight is 248 g/mol. The Morgan fingerprint density at radius 3 is 2.67 bits per heavy atom. The van der Waals surface area contributed by atoms with Gasteiger partial charge in [0.2, 0.25) is 5.91 Å². The van der Waals surface area contributed by atoms with Crippen LogP contribution in [-0.2, 0) is 11.2 Å². The van der Waals surface area contributed by atoms with E-state index in [9.17, 15) is 4.79 Å². The Morgan fingerprint density at radius 1 is 1.28 bits per heavy atom. The van der Waals surface area contributed by atoms with Crippen LogP contribution in [0.1, 0.15) is 25.3 Å². The molecule has 18 heavy (non-hydrogen) atoms. The summed E-state index contributed by atoms with van der Waals surface area (Å²) in [6, 6.07) is 10.5. The summed E-state index contributed by atoms with van der Waals surface area (Å²) >= 11 is 0. The number of benzene rings is 1. The largest absolute Gasteiger partial charge is 0.355 e. The summed E-state index contributed by atoms with van der Waals surface area (Å²) in [5, 5.41) is 2.89. The molecule has 1 aromatic rings. The van der Waals surface area contributed by atoms with E-state index in [2.05, 4.69) is 41.4 Å². The van der Waals surface area contributed by atoms with Crippen molar-refractivity contribution in [2.75, 3.05) is 26.7 Å². The zero-order valence-electron chi connectivity index (χ0n) is 11.5. The molecule has 0 unspecified atom stereocenters. The fourth-order valence-corrected chi connectivity index (χ4v) is 1.84. The van der Waals surface area contributed by atoms with Crippen LogP contribution in [0.15, 0.2) is 30.3 Å². The van der Waals surface area contributed by atoms with Crippen molar-refractivity contribution in [2.24, 2.45) is 0 Å². The number of hydrogen-bond acceptors (Lipinski definition) is 2. The Balaban J connectivity index is 2.13. The summed E-state index contributed by atoms with van der Waals surface area (Å²) in [7, 11) is 2.00. The van der Waals surface area contributed by atoms with E-state index < -0.39 is 0 Å². The fraction of sp³-hybridized carbons (Fsp3) is 0.533. The number of carbonyl (C=O) groups is 1. The average Bonchev–Trinajstić information content (AvgIpc) is 2.37. The number of hydrogen-bond donors (Lipinski definition) is 1. The summed E-state index contributed by atoms with van der Waals surface area (Å²) in [5.74, 6) is 0.124. The highest BCUT2D eigenvalue weighted by atomic mass is 16.1. The van der Waals surface area contributed by atoms with Crippen molar-refractivity contribution in [1.82, 2.24) is 10.2 Å². The molecule has 100 valence electrons. The lowest BCUT2D eigenvalue weighted by Crippen LogP contribution is -2.35. The second-order valence-electron chi connectivity index (χ2n) is 4.68. The van der Waals surface area contributed by atoms with Gasteiger partial charge in [0.25, 0.3) is 0 Å². The molecule has 1 amide bonds. The van der Waals surface area contributed by atoms with Gasteiger partial charge < -0.3 is 5.32 Å². The van der Waals surface area contributed by atoms with Crippen molar-refractivity contribution < 1.29 is 4.79 Å². The lowest BCUT2D eigenvalue weighted by atomic mass is 10.1. The Kier molecular flexibility index (Phi) is 7.11. The monoisotopic (exact) mass is 248 g/mol. The third-order valence-electron chi connectivity index (χ3n) is 2.83. The van der Waals surface area contributed by atoms with Crippen LogP contribution in [0.2, 0.25) is 0 Å². The van der Waals surface area contributed by atoms with Crippen LogP contribution in [0.3, 0.4) is 0 Å². The van der Waals surface area contributed by atoms with E-state index in [-0.39, 0.29) is 5.91 Å². The van der Waals surface area contributed by atoms with Crippen LogP contribution in [0, 0.1) is 0 Å². The van der Waals surface area contributed by atoms with Gasteiger partial charge in [-0.3, -0.25) is 9.69 Å². The highest BCUT2D eigenvalue weighted by Crippen LogP contribution is 2.02. The second kappa shape index (κ2) is 8.70. The normalized spacial score (nSPS) is 10.6. The molecule has 0 radical (unpaired) electrons. The van der Waals surface area contributed by atoms with Gasteiger partial charge in [0.15, 0.2) is 0 Å². The standard InChI is InChI=1S/C15H24N2O/c1-3-11-16-15(18)13-17(2)12-7-10-14-8-5-4-6-9-14/h4-6,8-9H,3,7,10-13H2,1-2H3,(H,16,18). The van der Waals surface area contributed by atoms with Gasteiger partial charge in [0.1, 0.15) is 0 Å². The van der Waals surface area contributed by atoms with Crippen molar-refractivity contribution in [3.05, 3.63) is 35.9 Å². The van der Waals surface area contributed by atoms with Gasteiger partial charge in [-0.05, 0) is 38.4 Å². The molecule has 0 aliphatic heterocycles. The number of likely N-dealkylation sites (N-methyl/N-ethyl adjacent to an activating group) is 1. The molecule has 0 saturated heterocycles. The summed E-state index contributed by atoms with van der Waals surface area (Å²) in [4.78, 5) is 13.6. The van der Waals surface area contributed by atoms with Gasteiger partial charge >= 0.3 is 0 Å². The van der Waals surface area contributed by atoms with E-state index in [1.807, 2.05) is 13.1 Å². The van der Waals surface area contributed by atoms with Crippen LogP contribution in [0.5, 0.6) is 0 Å². The quantitative estimate of drug-likeness (QED) is 0.764. The van der Waals surface area contributed by atoms with Gasteiger partial charge in [-0.25, -0.2) is 0 Å². The Bertz CT molecular complexity index is 338. The Hall–Kier alpha value is -1.35. The molecule has 0 saturated carbocycles. The molecule has 1 rings (SSSR count). The molecule has 0 atom stereocenters. The van der Waals surface area contributed by atoms with E-state index in [4.69, 9.17) is 0 Å². The highest BCUT2D eigenvalue weighted by Gasteiger charge is 2.05. The summed E-state index contributed by atoms with van der Waals surface area (Å²) in [5.41, 5.74) is 1.36. The maximum Gasteiger partial charge on any atom is 0.234 e. The minimum Gasteiger partial charge on any atom is -0.355 e. The summed E-state index contributed by atoms with van der Waals surface area (Å²) in [6.07, 6.45) is 3.15. The number of amides is 1. The van der Waals surface area contributed by atoms with Gasteiger partial charge in [0.05, 0.1) is 6.54 Å². The van der Waals surface area contributed by atoms with E-state index in [1.165, 1.54) is 5.56 Å². The molecule has 0 aliphatic carbocycles. The zero-order valence-corrected chi connectivity index (χ0v) is 11.5. The molecule has 1 aromatic carbocycles. The third-order valence-corrected chi connectivity index (χ3v) is 2.83. The molecule has 0 heterocycles. The predicted octanol–water partition coefficient (Wildman–Crippen LogP) is 2.08. The Labute approximate surface area is 110 Å². The molecular weight excluding hydrogens is 224 g/mol. The van der Waals surface area contributed by atoms with E-state index in [0.717, 1.165) is 32.4 Å². The van der Waals surface area contributed by atoms with Crippen LogP contribution in [0.4, 0.5) is 0 Å². The topological polar surface area (TPSA) is 32.3 Å². The minimum atomic E-state index is 0.124. The van der Waals surface area contributed by atoms with Crippen molar-refractivity contribution >= 4 is 5.91 Å². The molecule has 3 nitrogen and oxygen atoms in total. The van der Waals surface area contributed by atoms with Gasteiger partial charge in [-0.1, -0.05) is 37.3 Å². The zero-order chi connectivity index (χ0) is 13.2. The molecule has 1 N–H and O–H groups in total. The van der Waals surface area contributed by atoms with Crippen molar-refractivity contribution in [3.8, 4) is 0 Å². The maximum absolute atomic E-state index is 11.5. The SMILES string of the molecule is CCCNC(=O)CN(C)CCCc1ccccc1. The van der Waals surface area contributed by atoms with Crippen molar-refractivity contribution in [2.45, 2.75) is 26.2 Å². The first-order valence-corrected chi connectivity index (χ1v) is 6.71. The molecule has 0 fully saturated rings. The van der Waals surface area contributed by atoms with Crippen LogP contribution in [0.25, 0.3) is 0 Å². The van der Waals surface area contributed by atoms with Crippen LogP contribution < -0.4 is 5.32 Å². The smallest absolute Gasteiger partial charge is 0.234 e. The molecule has 0 aromatic heterocycles. The lowest BCUT2D eigenvalue weighted by molar-refractivity contribution is -0.121. The van der Waals surface area contributed by atoms with E-state index in [0.29, 0.717) is 6.54 Å². The molecule has 0 aliphatic rings. The highest BCUT2D eigenvalue weighted by molar-refractivity contribution is 5.77. The molecule has 0 bridgehead atoms. The maximum atomic E-state index is 11.5. The number of nitrogens with one attached hydrogen (secondary N) is 1. The number of aryl methyl sites for hydroxylation is 1. The van der Waals surface area contributed by atoms with Crippen molar-refractivity contribution in [1.29, 1.82) is 0 Å². The number of nitrogens with zero attached hydrogens (tertiary/aromatic N) is 1. The Morgan fingerprint density at radius 2 is 2.00 bits per heavy atom. The number of carbonyl (C=O) groups excluding carboxylic acids is 1.